The standard InChI is InChI=1S/C24H24N2O5/c1-30-22(28)12-20(17-7-4-9-25-13-17)24-23(29)21(27)11-19(31-24)15-26-10-8-16-5-2-3-6-18(16)14-26/h2-7,9,11,13,20,29H,8,10,12,14-15H2,1H3. The van der Waals surface area contributed by atoms with Gasteiger partial charge in [0.05, 0.1) is 26.0 Å². The maximum atomic E-state index is 12.5. The molecule has 0 saturated carbocycles. The van der Waals surface area contributed by atoms with Crippen LogP contribution in [0.2, 0.25) is 0 Å². The zero-order valence-corrected chi connectivity index (χ0v) is 17.3. The number of pyridine rings is 1. The van der Waals surface area contributed by atoms with E-state index in [4.69, 9.17) is 9.15 Å². The number of nitrogens with zero attached hydrogens (tertiary/aromatic N) is 2. The summed E-state index contributed by atoms with van der Waals surface area (Å²) in [5, 5.41) is 10.5. The van der Waals surface area contributed by atoms with Crippen molar-refractivity contribution in [3.05, 3.63) is 93.3 Å². The highest BCUT2D eigenvalue weighted by molar-refractivity contribution is 5.71. The molecule has 4 rings (SSSR count). The maximum Gasteiger partial charge on any atom is 0.306 e. The van der Waals surface area contributed by atoms with Gasteiger partial charge in [-0.1, -0.05) is 30.3 Å². The molecular formula is C24H24N2O5. The molecule has 0 bridgehead atoms. The summed E-state index contributed by atoms with van der Waals surface area (Å²) in [4.78, 5) is 30.9. The summed E-state index contributed by atoms with van der Waals surface area (Å²) < 4.78 is 10.8. The van der Waals surface area contributed by atoms with Gasteiger partial charge in [-0.2, -0.15) is 0 Å². The molecule has 7 heteroatoms. The lowest BCUT2D eigenvalue weighted by molar-refractivity contribution is -0.140. The van der Waals surface area contributed by atoms with Crippen LogP contribution >= 0.6 is 0 Å². The molecule has 3 heterocycles. The van der Waals surface area contributed by atoms with Crippen LogP contribution in [0.15, 0.2) is 64.1 Å². The molecule has 1 aliphatic rings. The van der Waals surface area contributed by atoms with Gasteiger partial charge in [0.25, 0.3) is 0 Å². The van der Waals surface area contributed by atoms with E-state index in [9.17, 15) is 14.7 Å². The number of carbonyl (C=O) groups excluding carboxylic acids is 1. The number of fused-ring (bicyclic) bond motifs is 1. The second-order valence-electron chi connectivity index (χ2n) is 7.64. The number of ether oxygens (including phenoxy) is 1. The predicted octanol–water partition coefficient (Wildman–Crippen LogP) is 2.99. The number of methoxy groups -OCH3 is 1. The van der Waals surface area contributed by atoms with Crippen molar-refractivity contribution in [1.29, 1.82) is 0 Å². The lowest BCUT2D eigenvalue weighted by Crippen LogP contribution is -2.30. The van der Waals surface area contributed by atoms with E-state index in [2.05, 4.69) is 22.0 Å². The number of aromatic nitrogens is 1. The first kappa shape index (κ1) is 20.8. The van der Waals surface area contributed by atoms with E-state index in [0.717, 1.165) is 19.5 Å². The van der Waals surface area contributed by atoms with E-state index in [0.29, 0.717) is 17.9 Å². The molecular weight excluding hydrogens is 396 g/mol. The van der Waals surface area contributed by atoms with Crippen LogP contribution in [-0.4, -0.2) is 34.6 Å². The van der Waals surface area contributed by atoms with Gasteiger partial charge in [-0.05, 0) is 29.2 Å². The van der Waals surface area contributed by atoms with Crippen LogP contribution in [0.25, 0.3) is 0 Å². The summed E-state index contributed by atoms with van der Waals surface area (Å²) in [7, 11) is 1.29. The summed E-state index contributed by atoms with van der Waals surface area (Å²) in [6.45, 7) is 2.02. The van der Waals surface area contributed by atoms with E-state index in [1.165, 1.54) is 24.3 Å². The molecule has 1 unspecified atom stereocenters. The fraction of sp³-hybridized carbons (Fsp3) is 0.292. The molecule has 0 spiro atoms. The number of carbonyl (C=O) groups is 1. The predicted molar refractivity (Wildman–Crippen MR) is 114 cm³/mol. The number of aromatic hydroxyl groups is 1. The first-order valence-electron chi connectivity index (χ1n) is 10.2. The van der Waals surface area contributed by atoms with Crippen LogP contribution in [-0.2, 0) is 29.0 Å². The third kappa shape index (κ3) is 4.67. The third-order valence-electron chi connectivity index (χ3n) is 5.59. The molecule has 3 aromatic rings. The topological polar surface area (TPSA) is 92.9 Å². The van der Waals surface area contributed by atoms with Crippen molar-refractivity contribution in [1.82, 2.24) is 9.88 Å². The van der Waals surface area contributed by atoms with E-state index in [1.807, 2.05) is 12.1 Å². The second-order valence-corrected chi connectivity index (χ2v) is 7.64. The van der Waals surface area contributed by atoms with Crippen molar-refractivity contribution in [2.45, 2.75) is 31.8 Å². The van der Waals surface area contributed by atoms with Gasteiger partial charge >= 0.3 is 5.97 Å². The lowest BCUT2D eigenvalue weighted by Gasteiger charge is -2.28. The highest BCUT2D eigenvalue weighted by atomic mass is 16.5. The Bertz CT molecular complexity index is 1130. The number of rotatable bonds is 6. The highest BCUT2D eigenvalue weighted by Crippen LogP contribution is 2.33. The minimum absolute atomic E-state index is 0.0540. The zero-order valence-electron chi connectivity index (χ0n) is 17.3. The van der Waals surface area contributed by atoms with Crippen LogP contribution in [0.3, 0.4) is 0 Å². The Morgan fingerprint density at radius 2 is 2.06 bits per heavy atom. The van der Waals surface area contributed by atoms with Gasteiger partial charge < -0.3 is 14.3 Å². The van der Waals surface area contributed by atoms with Crippen LogP contribution < -0.4 is 5.43 Å². The van der Waals surface area contributed by atoms with Crippen LogP contribution in [0.1, 0.15) is 40.5 Å². The maximum absolute atomic E-state index is 12.5. The number of benzene rings is 1. The fourth-order valence-corrected chi connectivity index (χ4v) is 3.97. The molecule has 1 N–H and O–H groups in total. The van der Waals surface area contributed by atoms with Crippen molar-refractivity contribution >= 4 is 5.97 Å². The highest BCUT2D eigenvalue weighted by Gasteiger charge is 2.27. The molecule has 0 radical (unpaired) electrons. The molecule has 1 aromatic carbocycles. The summed E-state index contributed by atoms with van der Waals surface area (Å²) in [5.74, 6) is -1.16. The Morgan fingerprint density at radius 1 is 1.26 bits per heavy atom. The molecule has 0 fully saturated rings. The Hall–Kier alpha value is -3.45. The molecule has 7 nitrogen and oxygen atoms in total. The fourth-order valence-electron chi connectivity index (χ4n) is 3.97. The molecule has 0 amide bonds. The number of hydrogen-bond donors (Lipinski definition) is 1. The number of esters is 1. The molecule has 1 atom stereocenters. The average molecular weight is 420 g/mol. The SMILES string of the molecule is COC(=O)CC(c1cccnc1)c1oc(CN2CCc3ccccc3C2)cc(=O)c1O. The van der Waals surface area contributed by atoms with Gasteiger partial charge in [0.2, 0.25) is 11.2 Å². The van der Waals surface area contributed by atoms with Crippen molar-refractivity contribution in [2.75, 3.05) is 13.7 Å². The normalized spacial score (nSPS) is 14.6. The van der Waals surface area contributed by atoms with E-state index in [-0.39, 0.29) is 12.2 Å². The molecule has 0 aliphatic carbocycles. The van der Waals surface area contributed by atoms with Gasteiger partial charge in [0.1, 0.15) is 5.76 Å². The molecule has 1 aliphatic heterocycles. The first-order valence-corrected chi connectivity index (χ1v) is 10.2. The molecule has 2 aromatic heterocycles. The Balaban J connectivity index is 1.65. The van der Waals surface area contributed by atoms with Crippen LogP contribution in [0, 0.1) is 0 Å². The summed E-state index contributed by atoms with van der Waals surface area (Å²) in [5.41, 5.74) is 2.71. The van der Waals surface area contributed by atoms with E-state index >= 15 is 0 Å². The van der Waals surface area contributed by atoms with Crippen LogP contribution in [0.4, 0.5) is 0 Å². The largest absolute Gasteiger partial charge is 0.502 e. The lowest BCUT2D eigenvalue weighted by atomic mass is 9.93. The molecule has 0 saturated heterocycles. The van der Waals surface area contributed by atoms with Gasteiger partial charge in [-0.25, -0.2) is 0 Å². The van der Waals surface area contributed by atoms with Crippen molar-refractivity contribution in [3.63, 3.8) is 0 Å². The first-order chi connectivity index (χ1) is 15.0. The monoisotopic (exact) mass is 420 g/mol. The Morgan fingerprint density at radius 3 is 2.81 bits per heavy atom. The van der Waals surface area contributed by atoms with Gasteiger partial charge in [-0.15, -0.1) is 0 Å². The van der Waals surface area contributed by atoms with Gasteiger partial charge in [0.15, 0.2) is 5.76 Å². The molecule has 31 heavy (non-hydrogen) atoms. The van der Waals surface area contributed by atoms with Crippen molar-refractivity contribution in [3.8, 4) is 5.75 Å². The third-order valence-corrected chi connectivity index (χ3v) is 5.59. The van der Waals surface area contributed by atoms with Crippen LogP contribution in [0.5, 0.6) is 5.75 Å². The van der Waals surface area contributed by atoms with Crippen molar-refractivity contribution in [2.24, 2.45) is 0 Å². The zero-order chi connectivity index (χ0) is 21.8. The summed E-state index contributed by atoms with van der Waals surface area (Å²) in [6, 6.07) is 13.1. The minimum atomic E-state index is -0.684. The van der Waals surface area contributed by atoms with Gasteiger partial charge in [0, 0.05) is 31.5 Å². The molecule has 160 valence electrons. The summed E-state index contributed by atoms with van der Waals surface area (Å²) >= 11 is 0. The van der Waals surface area contributed by atoms with E-state index < -0.39 is 23.1 Å². The minimum Gasteiger partial charge on any atom is -0.502 e. The smallest absolute Gasteiger partial charge is 0.306 e. The Kier molecular flexibility index (Phi) is 6.13. The average Bonchev–Trinajstić information content (AvgIpc) is 2.80. The van der Waals surface area contributed by atoms with Crippen molar-refractivity contribution < 1.29 is 19.1 Å². The summed E-state index contributed by atoms with van der Waals surface area (Å²) in [6.07, 6.45) is 4.03. The van der Waals surface area contributed by atoms with E-state index in [1.54, 1.807) is 24.5 Å². The number of hydrogen-bond acceptors (Lipinski definition) is 7. The van der Waals surface area contributed by atoms with Gasteiger partial charge in [-0.3, -0.25) is 19.5 Å². The quantitative estimate of drug-likeness (QED) is 0.613. The second kappa shape index (κ2) is 9.14. The Labute approximate surface area is 179 Å².